The van der Waals surface area contributed by atoms with Gasteiger partial charge in [-0.1, -0.05) is 66.7 Å². The fraction of sp³-hybridized carbons (Fsp3) is 0.462. The van der Waals surface area contributed by atoms with Gasteiger partial charge in [-0.2, -0.15) is 12.7 Å². The molecule has 0 bridgehead atoms. The molecule has 0 heterocycles. The Bertz CT molecular complexity index is 1190. The molecular formula is C26H34Cl2N4O4S. The molecule has 0 radical (unpaired) electrons. The van der Waals surface area contributed by atoms with Crippen molar-refractivity contribution in [1.29, 1.82) is 0 Å². The van der Waals surface area contributed by atoms with Gasteiger partial charge in [-0.3, -0.25) is 9.59 Å². The zero-order valence-corrected chi connectivity index (χ0v) is 23.7. The zero-order chi connectivity index (χ0) is 27.2. The zero-order valence-electron chi connectivity index (χ0n) is 21.4. The number of hydrogen-bond acceptors (Lipinski definition) is 4. The second kappa shape index (κ2) is 13.0. The summed E-state index contributed by atoms with van der Waals surface area (Å²) < 4.78 is 28.4. The van der Waals surface area contributed by atoms with E-state index in [2.05, 4.69) is 5.32 Å². The molecule has 8 nitrogen and oxygen atoms in total. The van der Waals surface area contributed by atoms with Crippen molar-refractivity contribution in [3.63, 3.8) is 0 Å². The van der Waals surface area contributed by atoms with Crippen molar-refractivity contribution in [2.45, 2.75) is 57.7 Å². The van der Waals surface area contributed by atoms with Gasteiger partial charge in [-0.15, -0.1) is 0 Å². The van der Waals surface area contributed by atoms with Gasteiger partial charge in [0.25, 0.3) is 0 Å². The number of anilines is 1. The molecule has 0 spiro atoms. The fourth-order valence-electron chi connectivity index (χ4n) is 4.30. The highest BCUT2D eigenvalue weighted by atomic mass is 35.5. The van der Waals surface area contributed by atoms with E-state index in [1.54, 1.807) is 55.5 Å². The number of amides is 2. The van der Waals surface area contributed by atoms with Gasteiger partial charge in [0.1, 0.15) is 12.6 Å². The largest absolute Gasteiger partial charge is 0.352 e. The van der Waals surface area contributed by atoms with E-state index < -0.39 is 28.7 Å². The maximum atomic E-state index is 13.8. The summed E-state index contributed by atoms with van der Waals surface area (Å²) in [4.78, 5) is 28.4. The Morgan fingerprint density at radius 1 is 1.03 bits per heavy atom. The lowest BCUT2D eigenvalue weighted by Gasteiger charge is -2.34. The second-order valence-electron chi connectivity index (χ2n) is 9.41. The number of carbonyl (C=O) groups excluding carboxylic acids is 2. The highest BCUT2D eigenvalue weighted by Crippen LogP contribution is 2.25. The Balaban J connectivity index is 1.92. The SMILES string of the molecule is CC(C(=O)NC1CCCCC1)N(Cc1ccc(Cl)cc1Cl)C(=O)CN(c1ccccc1)S(=O)(=O)N(C)C. The standard InChI is InChI=1S/C26H34Cl2N4O4S/c1-19(26(34)29-22-10-6-4-7-11-22)31(17-20-14-15-21(27)16-24(20)28)25(33)18-32(37(35,36)30(2)3)23-12-8-5-9-13-23/h5,8-9,12-16,19,22H,4,6-7,10-11,17-18H2,1-3H3,(H,29,34). The highest BCUT2D eigenvalue weighted by molar-refractivity contribution is 7.90. The number of para-hydroxylation sites is 1. The maximum absolute atomic E-state index is 13.8. The number of benzene rings is 2. The van der Waals surface area contributed by atoms with Gasteiger partial charge < -0.3 is 10.2 Å². The minimum Gasteiger partial charge on any atom is -0.352 e. The first-order valence-corrected chi connectivity index (χ1v) is 14.4. The van der Waals surface area contributed by atoms with Crippen LogP contribution in [0.15, 0.2) is 48.5 Å². The molecule has 0 aromatic heterocycles. The average molecular weight is 570 g/mol. The van der Waals surface area contributed by atoms with Gasteiger partial charge >= 0.3 is 10.2 Å². The molecule has 0 aliphatic heterocycles. The van der Waals surface area contributed by atoms with Crippen molar-refractivity contribution in [2.75, 3.05) is 24.9 Å². The molecule has 11 heteroatoms. The Labute approximate surface area is 229 Å². The van der Waals surface area contributed by atoms with E-state index in [9.17, 15) is 18.0 Å². The van der Waals surface area contributed by atoms with Gasteiger partial charge in [-0.25, -0.2) is 4.31 Å². The third-order valence-corrected chi connectivity index (χ3v) is 8.94. The van der Waals surface area contributed by atoms with E-state index in [-0.39, 0.29) is 18.5 Å². The molecule has 202 valence electrons. The minimum absolute atomic E-state index is 0.0126. The molecule has 1 unspecified atom stereocenters. The summed E-state index contributed by atoms with van der Waals surface area (Å²) in [6.45, 7) is 1.17. The minimum atomic E-state index is -4.00. The topological polar surface area (TPSA) is 90.0 Å². The molecule has 3 rings (SSSR count). The van der Waals surface area contributed by atoms with Crippen molar-refractivity contribution in [1.82, 2.24) is 14.5 Å². The average Bonchev–Trinajstić information content (AvgIpc) is 2.87. The molecule has 1 aliphatic rings. The summed E-state index contributed by atoms with van der Waals surface area (Å²) in [5.74, 6) is -0.821. The predicted octanol–water partition coefficient (Wildman–Crippen LogP) is 4.47. The van der Waals surface area contributed by atoms with Crippen LogP contribution in [0.3, 0.4) is 0 Å². The van der Waals surface area contributed by atoms with Gasteiger partial charge in [0.05, 0.1) is 5.69 Å². The lowest BCUT2D eigenvalue weighted by molar-refractivity contribution is -0.139. The summed E-state index contributed by atoms with van der Waals surface area (Å²) in [6.07, 6.45) is 5.06. The van der Waals surface area contributed by atoms with Crippen LogP contribution in [0.2, 0.25) is 10.0 Å². The van der Waals surface area contributed by atoms with Crippen molar-refractivity contribution in [3.8, 4) is 0 Å². The maximum Gasteiger partial charge on any atom is 0.304 e. The molecule has 0 saturated heterocycles. The van der Waals surface area contributed by atoms with Crippen LogP contribution >= 0.6 is 23.2 Å². The van der Waals surface area contributed by atoms with Crippen LogP contribution in [-0.2, 0) is 26.3 Å². The molecule has 37 heavy (non-hydrogen) atoms. The highest BCUT2D eigenvalue weighted by Gasteiger charge is 2.33. The number of hydrogen-bond donors (Lipinski definition) is 1. The number of halogens is 2. The van der Waals surface area contributed by atoms with E-state index in [1.165, 1.54) is 19.0 Å². The lowest BCUT2D eigenvalue weighted by atomic mass is 9.95. The van der Waals surface area contributed by atoms with Crippen molar-refractivity contribution < 1.29 is 18.0 Å². The van der Waals surface area contributed by atoms with Crippen molar-refractivity contribution in [3.05, 3.63) is 64.1 Å². The molecular weight excluding hydrogens is 535 g/mol. The Hall–Kier alpha value is -2.33. The summed E-state index contributed by atoms with van der Waals surface area (Å²) in [5.41, 5.74) is 0.937. The van der Waals surface area contributed by atoms with Crippen LogP contribution < -0.4 is 9.62 Å². The monoisotopic (exact) mass is 568 g/mol. The Morgan fingerprint density at radius 2 is 1.68 bits per heavy atom. The van der Waals surface area contributed by atoms with Crippen LogP contribution in [0.25, 0.3) is 0 Å². The van der Waals surface area contributed by atoms with E-state index in [1.807, 2.05) is 0 Å². The normalized spacial score (nSPS) is 15.3. The third-order valence-electron chi connectivity index (χ3n) is 6.54. The molecule has 1 atom stereocenters. The first-order chi connectivity index (χ1) is 17.5. The van der Waals surface area contributed by atoms with Crippen LogP contribution in [0.4, 0.5) is 5.69 Å². The van der Waals surface area contributed by atoms with E-state index in [4.69, 9.17) is 23.2 Å². The molecule has 1 fully saturated rings. The van der Waals surface area contributed by atoms with Crippen molar-refractivity contribution >= 4 is 50.9 Å². The third kappa shape index (κ3) is 7.60. The summed E-state index contributed by atoms with van der Waals surface area (Å²) in [6, 6.07) is 12.5. The van der Waals surface area contributed by atoms with E-state index in [0.717, 1.165) is 40.7 Å². The molecule has 1 saturated carbocycles. The summed E-state index contributed by atoms with van der Waals surface area (Å²) in [5, 5.41) is 3.87. The van der Waals surface area contributed by atoms with E-state index >= 15 is 0 Å². The molecule has 2 amide bonds. The Morgan fingerprint density at radius 3 is 2.27 bits per heavy atom. The first kappa shape index (κ1) is 29.2. The molecule has 2 aromatic rings. The second-order valence-corrected chi connectivity index (χ2v) is 12.3. The molecule has 2 aromatic carbocycles. The van der Waals surface area contributed by atoms with Gasteiger partial charge in [0.2, 0.25) is 11.8 Å². The van der Waals surface area contributed by atoms with Crippen molar-refractivity contribution in [2.24, 2.45) is 0 Å². The summed E-state index contributed by atoms with van der Waals surface area (Å²) >= 11 is 12.4. The van der Waals surface area contributed by atoms with Crippen LogP contribution in [0.5, 0.6) is 0 Å². The lowest BCUT2D eigenvalue weighted by Crippen LogP contribution is -2.53. The number of rotatable bonds is 10. The number of carbonyl (C=O) groups is 2. The van der Waals surface area contributed by atoms with E-state index in [0.29, 0.717) is 21.3 Å². The number of nitrogens with one attached hydrogen (secondary N) is 1. The fourth-order valence-corrected chi connectivity index (χ4v) is 5.82. The smallest absolute Gasteiger partial charge is 0.304 e. The summed E-state index contributed by atoms with van der Waals surface area (Å²) in [7, 11) is -1.19. The van der Waals surface area contributed by atoms with Gasteiger partial charge in [0.15, 0.2) is 0 Å². The molecule has 1 aliphatic carbocycles. The van der Waals surface area contributed by atoms with Gasteiger partial charge in [-0.05, 0) is 49.6 Å². The van der Waals surface area contributed by atoms with Crippen LogP contribution in [0.1, 0.15) is 44.6 Å². The van der Waals surface area contributed by atoms with Crippen LogP contribution in [-0.4, -0.2) is 62.2 Å². The predicted molar refractivity (Wildman–Crippen MR) is 148 cm³/mol. The first-order valence-electron chi connectivity index (χ1n) is 12.3. The number of nitrogens with zero attached hydrogens (tertiary/aromatic N) is 3. The van der Waals surface area contributed by atoms with Crippen LogP contribution in [0, 0.1) is 0 Å². The Kier molecular flexibility index (Phi) is 10.2. The molecule has 1 N–H and O–H groups in total. The quantitative estimate of drug-likeness (QED) is 0.457. The van der Waals surface area contributed by atoms with Gasteiger partial charge in [0, 0.05) is 36.7 Å².